The average molecular weight is 293 g/mol. The second-order valence-corrected chi connectivity index (χ2v) is 4.77. The number of fused-ring (bicyclic) bond motifs is 1. The number of ketones is 1. The van der Waals surface area contributed by atoms with Gasteiger partial charge in [-0.2, -0.15) is 4.68 Å². The van der Waals surface area contributed by atoms with Crippen LogP contribution in [0.25, 0.3) is 5.69 Å². The van der Waals surface area contributed by atoms with Crippen LogP contribution in [0.5, 0.6) is 11.8 Å². The lowest BCUT2D eigenvalue weighted by atomic mass is 10.1. The molecular formula is C15H11N5O2. The standard InChI is InChI=1S/C15H11N5O2/c21-12-9-16-14-11(12)7-4-8-13(14)22-15-17-18-19-20(15)10-5-2-1-3-6-10/h1-8,16H,9H2. The van der Waals surface area contributed by atoms with Gasteiger partial charge >= 0.3 is 6.01 Å². The van der Waals surface area contributed by atoms with E-state index < -0.39 is 0 Å². The van der Waals surface area contributed by atoms with Crippen molar-refractivity contribution in [1.29, 1.82) is 0 Å². The van der Waals surface area contributed by atoms with E-state index in [1.165, 1.54) is 4.68 Å². The molecule has 108 valence electrons. The maximum absolute atomic E-state index is 11.7. The molecule has 0 saturated carbocycles. The first-order valence-corrected chi connectivity index (χ1v) is 6.75. The van der Waals surface area contributed by atoms with E-state index in [4.69, 9.17) is 4.74 Å². The van der Waals surface area contributed by atoms with Crippen molar-refractivity contribution in [2.24, 2.45) is 0 Å². The summed E-state index contributed by atoms with van der Waals surface area (Å²) in [5.74, 6) is 0.568. The van der Waals surface area contributed by atoms with Gasteiger partial charge < -0.3 is 10.1 Å². The number of hydrogen-bond donors (Lipinski definition) is 1. The second-order valence-electron chi connectivity index (χ2n) is 4.77. The number of anilines is 1. The Balaban J connectivity index is 1.72. The zero-order valence-corrected chi connectivity index (χ0v) is 11.4. The number of carbonyl (C=O) groups is 1. The number of para-hydroxylation sites is 2. The van der Waals surface area contributed by atoms with Gasteiger partial charge in [0.2, 0.25) is 0 Å². The number of carbonyl (C=O) groups excluding carboxylic acids is 1. The van der Waals surface area contributed by atoms with Gasteiger partial charge in [-0.05, 0) is 34.7 Å². The summed E-state index contributed by atoms with van der Waals surface area (Å²) in [5, 5.41) is 14.5. The monoisotopic (exact) mass is 293 g/mol. The Hall–Kier alpha value is -3.22. The highest BCUT2D eigenvalue weighted by Crippen LogP contribution is 2.35. The Morgan fingerprint density at radius 3 is 2.82 bits per heavy atom. The zero-order chi connectivity index (χ0) is 14.9. The van der Waals surface area contributed by atoms with Crippen LogP contribution < -0.4 is 10.1 Å². The van der Waals surface area contributed by atoms with E-state index in [1.807, 2.05) is 30.3 Å². The molecule has 0 radical (unpaired) electrons. The first-order chi connectivity index (χ1) is 10.8. The van der Waals surface area contributed by atoms with Crippen molar-refractivity contribution in [3.8, 4) is 17.4 Å². The number of tetrazole rings is 1. The normalized spacial score (nSPS) is 12.8. The minimum absolute atomic E-state index is 0.0445. The molecule has 0 atom stereocenters. The molecule has 0 spiro atoms. The van der Waals surface area contributed by atoms with Gasteiger partial charge in [0.1, 0.15) is 0 Å². The molecule has 1 aliphatic heterocycles. The van der Waals surface area contributed by atoms with Crippen LogP contribution in [0.2, 0.25) is 0 Å². The van der Waals surface area contributed by atoms with Gasteiger partial charge in [0.25, 0.3) is 0 Å². The molecule has 4 rings (SSSR count). The number of nitrogens with one attached hydrogen (secondary N) is 1. The van der Waals surface area contributed by atoms with Gasteiger partial charge in [0.05, 0.1) is 17.9 Å². The molecule has 0 amide bonds. The number of rotatable bonds is 3. The third-order valence-electron chi connectivity index (χ3n) is 3.40. The van der Waals surface area contributed by atoms with Gasteiger partial charge in [-0.1, -0.05) is 29.4 Å². The van der Waals surface area contributed by atoms with Crippen molar-refractivity contribution in [2.45, 2.75) is 0 Å². The molecule has 1 aliphatic rings. The maximum Gasteiger partial charge on any atom is 0.345 e. The van der Waals surface area contributed by atoms with E-state index in [2.05, 4.69) is 20.8 Å². The molecule has 3 aromatic rings. The van der Waals surface area contributed by atoms with Gasteiger partial charge in [-0.25, -0.2) is 0 Å². The molecule has 0 unspecified atom stereocenters. The number of ether oxygens (including phenoxy) is 1. The van der Waals surface area contributed by atoms with E-state index in [-0.39, 0.29) is 18.3 Å². The Morgan fingerprint density at radius 2 is 1.95 bits per heavy atom. The molecule has 0 fully saturated rings. The summed E-state index contributed by atoms with van der Waals surface area (Å²) in [6.07, 6.45) is 0. The quantitative estimate of drug-likeness (QED) is 0.796. The Morgan fingerprint density at radius 1 is 1.09 bits per heavy atom. The zero-order valence-electron chi connectivity index (χ0n) is 11.4. The fraction of sp³-hybridized carbons (Fsp3) is 0.0667. The highest BCUT2D eigenvalue weighted by Gasteiger charge is 2.23. The lowest BCUT2D eigenvalue weighted by Gasteiger charge is -2.09. The maximum atomic E-state index is 11.7. The van der Waals surface area contributed by atoms with Crippen LogP contribution in [0.15, 0.2) is 48.5 Å². The van der Waals surface area contributed by atoms with Crippen molar-refractivity contribution < 1.29 is 9.53 Å². The fourth-order valence-electron chi connectivity index (χ4n) is 2.37. The highest BCUT2D eigenvalue weighted by atomic mass is 16.5. The summed E-state index contributed by atoms with van der Waals surface area (Å²) in [5.41, 5.74) is 2.09. The molecule has 0 bridgehead atoms. The number of aromatic nitrogens is 4. The summed E-state index contributed by atoms with van der Waals surface area (Å²) in [4.78, 5) is 11.7. The molecule has 0 aliphatic carbocycles. The number of nitrogens with zero attached hydrogens (tertiary/aromatic N) is 4. The van der Waals surface area contributed by atoms with Crippen LogP contribution in [0, 0.1) is 0 Å². The van der Waals surface area contributed by atoms with Crippen molar-refractivity contribution in [2.75, 3.05) is 11.9 Å². The second kappa shape index (κ2) is 4.96. The molecule has 0 saturated heterocycles. The number of hydrogen-bond acceptors (Lipinski definition) is 6. The Labute approximate surface area is 125 Å². The average Bonchev–Trinajstić information content (AvgIpc) is 3.16. The minimum atomic E-state index is 0.0445. The van der Waals surface area contributed by atoms with E-state index >= 15 is 0 Å². The molecule has 7 nitrogen and oxygen atoms in total. The lowest BCUT2D eigenvalue weighted by Crippen LogP contribution is -2.02. The topological polar surface area (TPSA) is 81.9 Å². The largest absolute Gasteiger partial charge is 0.421 e. The SMILES string of the molecule is O=C1CNc2c(Oc3nnnn3-c3ccccc3)cccc21. The predicted molar refractivity (Wildman–Crippen MR) is 78.5 cm³/mol. The first-order valence-electron chi connectivity index (χ1n) is 6.75. The molecular weight excluding hydrogens is 282 g/mol. The molecule has 1 N–H and O–H groups in total. The molecule has 1 aromatic heterocycles. The van der Waals surface area contributed by atoms with E-state index in [9.17, 15) is 4.79 Å². The molecule has 7 heteroatoms. The van der Waals surface area contributed by atoms with Gasteiger partial charge in [-0.3, -0.25) is 4.79 Å². The van der Waals surface area contributed by atoms with E-state index in [1.54, 1.807) is 18.2 Å². The Kier molecular flexibility index (Phi) is 2.82. The number of benzene rings is 2. The third kappa shape index (κ3) is 1.99. The van der Waals surface area contributed by atoms with Crippen LogP contribution in [0.4, 0.5) is 5.69 Å². The summed E-state index contributed by atoms with van der Waals surface area (Å²) in [7, 11) is 0. The molecule has 22 heavy (non-hydrogen) atoms. The molecule has 2 aromatic carbocycles. The predicted octanol–water partition coefficient (Wildman–Crippen LogP) is 2.06. The van der Waals surface area contributed by atoms with Crippen LogP contribution in [0.3, 0.4) is 0 Å². The third-order valence-corrected chi connectivity index (χ3v) is 3.40. The van der Waals surface area contributed by atoms with Gasteiger partial charge in [0.15, 0.2) is 11.5 Å². The lowest BCUT2D eigenvalue weighted by molar-refractivity contribution is 0.101. The summed E-state index contributed by atoms with van der Waals surface area (Å²) < 4.78 is 7.30. The van der Waals surface area contributed by atoms with Crippen molar-refractivity contribution in [3.05, 3.63) is 54.1 Å². The smallest absolute Gasteiger partial charge is 0.345 e. The van der Waals surface area contributed by atoms with Crippen molar-refractivity contribution in [3.63, 3.8) is 0 Å². The van der Waals surface area contributed by atoms with Gasteiger partial charge in [-0.15, -0.1) is 0 Å². The van der Waals surface area contributed by atoms with Crippen LogP contribution in [-0.2, 0) is 0 Å². The Bertz CT molecular complexity index is 844. The van der Waals surface area contributed by atoms with Crippen LogP contribution in [-0.4, -0.2) is 32.5 Å². The van der Waals surface area contributed by atoms with E-state index in [0.717, 1.165) is 5.69 Å². The summed E-state index contributed by atoms with van der Waals surface area (Å²) >= 11 is 0. The first kappa shape index (κ1) is 12.5. The van der Waals surface area contributed by atoms with Crippen LogP contribution in [0.1, 0.15) is 10.4 Å². The summed E-state index contributed by atoms with van der Waals surface area (Å²) in [6.45, 7) is 0.277. The van der Waals surface area contributed by atoms with Crippen molar-refractivity contribution in [1.82, 2.24) is 20.2 Å². The van der Waals surface area contributed by atoms with E-state index in [0.29, 0.717) is 17.0 Å². The summed E-state index contributed by atoms with van der Waals surface area (Å²) in [6, 6.07) is 15.0. The van der Waals surface area contributed by atoms with Crippen LogP contribution >= 0.6 is 0 Å². The minimum Gasteiger partial charge on any atom is -0.421 e. The van der Waals surface area contributed by atoms with Crippen molar-refractivity contribution >= 4 is 11.5 Å². The highest BCUT2D eigenvalue weighted by molar-refractivity contribution is 6.09. The van der Waals surface area contributed by atoms with Gasteiger partial charge in [0, 0.05) is 5.56 Å². The fourth-order valence-corrected chi connectivity index (χ4v) is 2.37. The molecule has 2 heterocycles. The number of Topliss-reactive ketones (excluding diaryl/α,β-unsaturated/α-hetero) is 1.